The third-order valence-electron chi connectivity index (χ3n) is 5.51. The Hall–Kier alpha value is -2.91. The number of carbonyl (C=O) groups is 2. The van der Waals surface area contributed by atoms with Gasteiger partial charge in [-0.2, -0.15) is 0 Å². The number of sulfonamides is 1. The van der Waals surface area contributed by atoms with Crippen LogP contribution in [0.25, 0.3) is 11.1 Å². The van der Waals surface area contributed by atoms with Gasteiger partial charge in [0.15, 0.2) is 0 Å². The SMILES string of the molecule is NC(=O)[C@]12CCCN1C(=O)N(c1ccc(-c3ccccc3S(N)(=O)=O)cc1)C2. The van der Waals surface area contributed by atoms with Crippen LogP contribution in [0.4, 0.5) is 10.5 Å². The van der Waals surface area contributed by atoms with Gasteiger partial charge in [-0.3, -0.25) is 9.69 Å². The van der Waals surface area contributed by atoms with Crippen LogP contribution in [0.15, 0.2) is 53.4 Å². The van der Waals surface area contributed by atoms with Crippen LogP contribution >= 0.6 is 0 Å². The number of urea groups is 1. The molecule has 0 spiro atoms. The number of rotatable bonds is 4. The van der Waals surface area contributed by atoms with Gasteiger partial charge in [-0.05, 0) is 36.6 Å². The number of primary amides is 1. The van der Waals surface area contributed by atoms with Crippen molar-refractivity contribution in [3.05, 3.63) is 48.5 Å². The first-order valence-corrected chi connectivity index (χ1v) is 10.4. The minimum Gasteiger partial charge on any atom is -0.368 e. The number of fused-ring (bicyclic) bond motifs is 1. The van der Waals surface area contributed by atoms with Gasteiger partial charge in [0.25, 0.3) is 0 Å². The molecule has 28 heavy (non-hydrogen) atoms. The van der Waals surface area contributed by atoms with Gasteiger partial charge in [-0.15, -0.1) is 0 Å². The number of nitrogens with zero attached hydrogens (tertiary/aromatic N) is 2. The average molecular weight is 400 g/mol. The van der Waals surface area contributed by atoms with Gasteiger partial charge in [0.2, 0.25) is 15.9 Å². The standard InChI is InChI=1S/C19H20N4O4S/c20-17(24)19-10-3-11-23(19)18(25)22(12-19)14-8-6-13(7-9-14)15-4-1-2-5-16(15)28(21,26)27/h1-2,4-9H,3,10-12H2,(H2,20,24)(H2,21,26,27)/t19-/m1/s1. The lowest BCUT2D eigenvalue weighted by molar-refractivity contribution is -0.125. The molecule has 0 aliphatic carbocycles. The van der Waals surface area contributed by atoms with Crippen molar-refractivity contribution in [2.75, 3.05) is 18.0 Å². The minimum atomic E-state index is -3.87. The van der Waals surface area contributed by atoms with E-state index in [-0.39, 0.29) is 17.5 Å². The van der Waals surface area contributed by atoms with E-state index >= 15 is 0 Å². The summed E-state index contributed by atoms with van der Waals surface area (Å²) in [5.74, 6) is -0.487. The Balaban J connectivity index is 1.67. The lowest BCUT2D eigenvalue weighted by Crippen LogP contribution is -2.52. The van der Waals surface area contributed by atoms with Crippen molar-refractivity contribution in [2.45, 2.75) is 23.3 Å². The normalized spacial score (nSPS) is 21.8. The molecule has 0 unspecified atom stereocenters. The molecule has 2 fully saturated rings. The molecular formula is C19H20N4O4S. The molecule has 2 aromatic carbocycles. The summed E-state index contributed by atoms with van der Waals surface area (Å²) in [5, 5.41) is 5.31. The van der Waals surface area contributed by atoms with Gasteiger partial charge >= 0.3 is 6.03 Å². The average Bonchev–Trinajstić information content (AvgIpc) is 3.21. The summed E-state index contributed by atoms with van der Waals surface area (Å²) >= 11 is 0. The van der Waals surface area contributed by atoms with Gasteiger partial charge < -0.3 is 10.6 Å². The van der Waals surface area contributed by atoms with Crippen LogP contribution in [-0.4, -0.2) is 43.9 Å². The molecule has 4 rings (SSSR count). The Morgan fingerprint density at radius 2 is 1.75 bits per heavy atom. The van der Waals surface area contributed by atoms with Crippen LogP contribution in [0.3, 0.4) is 0 Å². The second-order valence-corrected chi connectivity index (χ2v) is 8.64. The van der Waals surface area contributed by atoms with Crippen LogP contribution in [0.1, 0.15) is 12.8 Å². The van der Waals surface area contributed by atoms with E-state index in [1.807, 2.05) is 0 Å². The number of hydrogen-bond acceptors (Lipinski definition) is 4. The summed E-state index contributed by atoms with van der Waals surface area (Å²) in [4.78, 5) is 27.9. The Bertz CT molecular complexity index is 1070. The van der Waals surface area contributed by atoms with Crippen molar-refractivity contribution in [3.63, 3.8) is 0 Å². The molecule has 2 aromatic rings. The predicted molar refractivity (Wildman–Crippen MR) is 104 cm³/mol. The highest BCUT2D eigenvalue weighted by Crippen LogP contribution is 2.39. The topological polar surface area (TPSA) is 127 Å². The summed E-state index contributed by atoms with van der Waals surface area (Å²) in [6.45, 7) is 0.729. The Morgan fingerprint density at radius 3 is 2.36 bits per heavy atom. The Kier molecular flexibility index (Phi) is 4.16. The van der Waals surface area contributed by atoms with Crippen molar-refractivity contribution < 1.29 is 18.0 Å². The number of anilines is 1. The molecule has 0 radical (unpaired) electrons. The maximum Gasteiger partial charge on any atom is 0.325 e. The molecule has 2 aliphatic heterocycles. The number of amides is 3. The summed E-state index contributed by atoms with van der Waals surface area (Å²) in [6, 6.07) is 13.1. The molecule has 2 heterocycles. The predicted octanol–water partition coefficient (Wildman–Crippen LogP) is 1.26. The molecule has 3 amide bonds. The Morgan fingerprint density at radius 1 is 1.07 bits per heavy atom. The number of primary sulfonamides is 1. The van der Waals surface area contributed by atoms with Gasteiger partial charge in [-0.25, -0.2) is 18.4 Å². The second-order valence-electron chi connectivity index (χ2n) is 7.11. The molecule has 146 valence electrons. The van der Waals surface area contributed by atoms with E-state index in [2.05, 4.69) is 0 Å². The maximum atomic E-state index is 12.8. The van der Waals surface area contributed by atoms with Crippen molar-refractivity contribution in [1.82, 2.24) is 4.90 Å². The van der Waals surface area contributed by atoms with E-state index in [0.717, 1.165) is 6.42 Å². The molecule has 0 bridgehead atoms. The number of hydrogen-bond donors (Lipinski definition) is 2. The first-order chi connectivity index (χ1) is 13.2. The van der Waals surface area contributed by atoms with Crippen molar-refractivity contribution in [1.29, 1.82) is 0 Å². The van der Waals surface area contributed by atoms with Crippen molar-refractivity contribution in [2.24, 2.45) is 10.9 Å². The summed E-state index contributed by atoms with van der Waals surface area (Å²) in [5.41, 5.74) is 6.42. The molecule has 0 aromatic heterocycles. The lowest BCUT2D eigenvalue weighted by atomic mass is 9.96. The zero-order chi connectivity index (χ0) is 20.1. The first-order valence-electron chi connectivity index (χ1n) is 8.85. The molecule has 8 nitrogen and oxygen atoms in total. The van der Waals surface area contributed by atoms with Gasteiger partial charge in [0.05, 0.1) is 11.4 Å². The first kappa shape index (κ1) is 18.5. The Labute approximate surface area is 162 Å². The highest BCUT2D eigenvalue weighted by molar-refractivity contribution is 7.89. The van der Waals surface area contributed by atoms with Gasteiger partial charge in [-0.1, -0.05) is 30.3 Å². The van der Waals surface area contributed by atoms with E-state index in [1.165, 1.54) is 6.07 Å². The van der Waals surface area contributed by atoms with E-state index in [0.29, 0.717) is 29.8 Å². The largest absolute Gasteiger partial charge is 0.368 e. The third kappa shape index (κ3) is 2.74. The molecule has 2 saturated heterocycles. The zero-order valence-electron chi connectivity index (χ0n) is 15.0. The minimum absolute atomic E-state index is 0.0355. The molecule has 9 heteroatoms. The zero-order valence-corrected chi connectivity index (χ0v) is 15.9. The van der Waals surface area contributed by atoms with E-state index in [4.69, 9.17) is 10.9 Å². The maximum absolute atomic E-state index is 12.8. The number of benzene rings is 2. The molecule has 2 aliphatic rings. The molecular weight excluding hydrogens is 380 g/mol. The van der Waals surface area contributed by atoms with Gasteiger partial charge in [0, 0.05) is 17.8 Å². The van der Waals surface area contributed by atoms with Crippen molar-refractivity contribution >= 4 is 27.6 Å². The summed E-state index contributed by atoms with van der Waals surface area (Å²) in [6.07, 6.45) is 1.32. The van der Waals surface area contributed by atoms with Crippen LogP contribution in [-0.2, 0) is 14.8 Å². The van der Waals surface area contributed by atoms with Crippen molar-refractivity contribution in [3.8, 4) is 11.1 Å². The summed E-state index contributed by atoms with van der Waals surface area (Å²) in [7, 11) is -3.87. The fraction of sp³-hybridized carbons (Fsp3) is 0.263. The highest BCUT2D eigenvalue weighted by atomic mass is 32.2. The van der Waals surface area contributed by atoms with E-state index < -0.39 is 21.5 Å². The lowest BCUT2D eigenvalue weighted by Gasteiger charge is -2.25. The fourth-order valence-electron chi connectivity index (χ4n) is 4.11. The van der Waals surface area contributed by atoms with Crippen LogP contribution < -0.4 is 15.8 Å². The molecule has 0 saturated carbocycles. The quantitative estimate of drug-likeness (QED) is 0.801. The molecule has 1 atom stereocenters. The van der Waals surface area contributed by atoms with Crippen LogP contribution in [0.5, 0.6) is 0 Å². The van der Waals surface area contributed by atoms with E-state index in [9.17, 15) is 18.0 Å². The monoisotopic (exact) mass is 400 g/mol. The third-order valence-corrected chi connectivity index (χ3v) is 6.48. The molecule has 4 N–H and O–H groups in total. The second kappa shape index (κ2) is 6.32. The fourth-order valence-corrected chi connectivity index (χ4v) is 4.87. The highest BCUT2D eigenvalue weighted by Gasteiger charge is 2.56. The van der Waals surface area contributed by atoms with Crippen LogP contribution in [0.2, 0.25) is 0 Å². The summed E-state index contributed by atoms with van der Waals surface area (Å²) < 4.78 is 23.7. The van der Waals surface area contributed by atoms with Gasteiger partial charge in [0.1, 0.15) is 5.54 Å². The van der Waals surface area contributed by atoms with E-state index in [1.54, 1.807) is 52.3 Å². The number of nitrogens with two attached hydrogens (primary N) is 2. The smallest absolute Gasteiger partial charge is 0.325 e. The van der Waals surface area contributed by atoms with Crippen LogP contribution in [0, 0.1) is 0 Å². The number of carbonyl (C=O) groups excluding carboxylic acids is 2.